The Kier molecular flexibility index (Phi) is 4.38. The number of anilines is 1. The molecule has 23 heavy (non-hydrogen) atoms. The van der Waals surface area contributed by atoms with Crippen LogP contribution < -0.4 is 14.8 Å². The Labute approximate surface area is 134 Å². The van der Waals surface area contributed by atoms with Crippen molar-refractivity contribution in [2.75, 3.05) is 18.7 Å². The van der Waals surface area contributed by atoms with Gasteiger partial charge in [-0.3, -0.25) is 14.5 Å². The number of carboxylic acids is 1. The molecule has 1 atom stereocenters. The van der Waals surface area contributed by atoms with Crippen LogP contribution >= 0.6 is 0 Å². The average Bonchev–Trinajstić information content (AvgIpc) is 3.24. The van der Waals surface area contributed by atoms with Crippen LogP contribution in [0.25, 0.3) is 0 Å². The number of rotatable bonds is 7. The molecule has 0 radical (unpaired) electrons. The third-order valence-electron chi connectivity index (χ3n) is 4.12. The Morgan fingerprint density at radius 1 is 1.35 bits per heavy atom. The molecule has 1 amide bonds. The molecule has 1 heterocycles. The van der Waals surface area contributed by atoms with Gasteiger partial charge in [-0.2, -0.15) is 0 Å². The van der Waals surface area contributed by atoms with E-state index in [0.29, 0.717) is 29.8 Å². The standard InChI is InChI=1S/C16H20N2O5/c1-10(16(20)21)18(12-3-4-12)7-6-15(19)17-11-2-5-13-14(8-11)23-9-22-13/h2,5,8,10,12H,3-4,6-7,9H2,1H3,(H,17,19)(H,20,21). The van der Waals surface area contributed by atoms with Crippen molar-refractivity contribution in [1.29, 1.82) is 0 Å². The van der Waals surface area contributed by atoms with E-state index in [1.54, 1.807) is 25.1 Å². The fourth-order valence-electron chi connectivity index (χ4n) is 2.67. The molecule has 1 unspecified atom stereocenters. The van der Waals surface area contributed by atoms with Crippen molar-refractivity contribution in [2.45, 2.75) is 38.3 Å². The van der Waals surface area contributed by atoms with Gasteiger partial charge in [0.1, 0.15) is 6.04 Å². The van der Waals surface area contributed by atoms with Crippen LogP contribution in [0.4, 0.5) is 5.69 Å². The summed E-state index contributed by atoms with van der Waals surface area (Å²) in [5.41, 5.74) is 0.642. The van der Waals surface area contributed by atoms with E-state index >= 15 is 0 Å². The highest BCUT2D eigenvalue weighted by molar-refractivity contribution is 5.91. The maximum absolute atomic E-state index is 12.1. The maximum Gasteiger partial charge on any atom is 0.320 e. The first-order valence-corrected chi connectivity index (χ1v) is 7.72. The van der Waals surface area contributed by atoms with Gasteiger partial charge in [-0.15, -0.1) is 0 Å². The molecule has 2 aliphatic rings. The third kappa shape index (κ3) is 3.73. The van der Waals surface area contributed by atoms with Crippen molar-refractivity contribution in [1.82, 2.24) is 4.90 Å². The summed E-state index contributed by atoms with van der Waals surface area (Å²) in [7, 11) is 0. The van der Waals surface area contributed by atoms with Crippen molar-refractivity contribution >= 4 is 17.6 Å². The van der Waals surface area contributed by atoms with Gasteiger partial charge in [0.2, 0.25) is 12.7 Å². The van der Waals surface area contributed by atoms with Gasteiger partial charge < -0.3 is 19.9 Å². The number of ether oxygens (including phenoxy) is 2. The lowest BCUT2D eigenvalue weighted by Gasteiger charge is -2.25. The first kappa shape index (κ1) is 15.6. The van der Waals surface area contributed by atoms with Gasteiger partial charge in [-0.1, -0.05) is 0 Å². The van der Waals surface area contributed by atoms with Crippen LogP contribution in [0.5, 0.6) is 11.5 Å². The van der Waals surface area contributed by atoms with Crippen LogP contribution in [0.15, 0.2) is 18.2 Å². The molecule has 7 nitrogen and oxygen atoms in total. The van der Waals surface area contributed by atoms with E-state index in [1.165, 1.54) is 0 Å². The molecule has 2 N–H and O–H groups in total. The Morgan fingerprint density at radius 2 is 2.09 bits per heavy atom. The molecule has 7 heteroatoms. The molecule has 1 aliphatic carbocycles. The van der Waals surface area contributed by atoms with Crippen molar-refractivity contribution < 1.29 is 24.2 Å². The summed E-state index contributed by atoms with van der Waals surface area (Å²) in [6, 6.07) is 4.95. The largest absolute Gasteiger partial charge is 0.480 e. The summed E-state index contributed by atoms with van der Waals surface area (Å²) >= 11 is 0. The van der Waals surface area contributed by atoms with Crippen molar-refractivity contribution in [3.05, 3.63) is 18.2 Å². The van der Waals surface area contributed by atoms with E-state index < -0.39 is 12.0 Å². The van der Waals surface area contributed by atoms with Gasteiger partial charge in [-0.25, -0.2) is 0 Å². The molecular weight excluding hydrogens is 300 g/mol. The number of nitrogens with one attached hydrogen (secondary N) is 1. The molecule has 0 aromatic heterocycles. The van der Waals surface area contributed by atoms with Crippen LogP contribution in [0.1, 0.15) is 26.2 Å². The molecule has 124 valence electrons. The molecule has 1 aromatic rings. The number of hydrogen-bond donors (Lipinski definition) is 2. The van der Waals surface area contributed by atoms with E-state index in [-0.39, 0.29) is 19.1 Å². The second-order valence-corrected chi connectivity index (χ2v) is 5.85. The molecule has 0 bridgehead atoms. The number of fused-ring (bicyclic) bond motifs is 1. The molecule has 1 fully saturated rings. The zero-order chi connectivity index (χ0) is 16.4. The van der Waals surface area contributed by atoms with Crippen molar-refractivity contribution in [3.63, 3.8) is 0 Å². The van der Waals surface area contributed by atoms with E-state index in [9.17, 15) is 9.59 Å². The van der Waals surface area contributed by atoms with E-state index in [4.69, 9.17) is 14.6 Å². The normalized spacial score (nSPS) is 17.1. The fourth-order valence-corrected chi connectivity index (χ4v) is 2.67. The number of aliphatic carboxylic acids is 1. The van der Waals surface area contributed by atoms with Gasteiger partial charge in [0.25, 0.3) is 0 Å². The van der Waals surface area contributed by atoms with Crippen LogP contribution in [0.3, 0.4) is 0 Å². The predicted molar refractivity (Wildman–Crippen MR) is 82.6 cm³/mol. The first-order valence-electron chi connectivity index (χ1n) is 7.72. The number of carboxylic acid groups (broad SMARTS) is 1. The lowest BCUT2D eigenvalue weighted by molar-refractivity contribution is -0.143. The number of carbonyl (C=O) groups is 2. The Morgan fingerprint density at radius 3 is 2.78 bits per heavy atom. The second kappa shape index (κ2) is 6.45. The Hall–Kier alpha value is -2.28. The van der Waals surface area contributed by atoms with Gasteiger partial charge >= 0.3 is 5.97 Å². The van der Waals surface area contributed by atoms with Gasteiger partial charge in [0, 0.05) is 30.8 Å². The van der Waals surface area contributed by atoms with Crippen LogP contribution in [-0.4, -0.2) is 47.3 Å². The predicted octanol–water partition coefficient (Wildman–Crippen LogP) is 1.68. The fraction of sp³-hybridized carbons (Fsp3) is 0.500. The first-order chi connectivity index (χ1) is 11.0. The molecule has 0 saturated heterocycles. The zero-order valence-corrected chi connectivity index (χ0v) is 12.9. The number of benzene rings is 1. The zero-order valence-electron chi connectivity index (χ0n) is 12.9. The number of amides is 1. The summed E-state index contributed by atoms with van der Waals surface area (Å²) in [4.78, 5) is 25.1. The monoisotopic (exact) mass is 320 g/mol. The minimum absolute atomic E-state index is 0.146. The highest BCUT2D eigenvalue weighted by Crippen LogP contribution is 2.34. The summed E-state index contributed by atoms with van der Waals surface area (Å²) in [5.74, 6) is 0.278. The van der Waals surface area contributed by atoms with Gasteiger partial charge in [-0.05, 0) is 31.9 Å². The van der Waals surface area contributed by atoms with Crippen LogP contribution in [-0.2, 0) is 9.59 Å². The lowest BCUT2D eigenvalue weighted by atomic mass is 10.2. The summed E-state index contributed by atoms with van der Waals surface area (Å²) in [5, 5.41) is 12.0. The number of carbonyl (C=O) groups excluding carboxylic acids is 1. The molecule has 1 aliphatic heterocycles. The summed E-state index contributed by atoms with van der Waals surface area (Å²) < 4.78 is 10.5. The third-order valence-corrected chi connectivity index (χ3v) is 4.12. The van der Waals surface area contributed by atoms with Crippen LogP contribution in [0.2, 0.25) is 0 Å². The molecule has 3 rings (SSSR count). The highest BCUT2D eigenvalue weighted by Gasteiger charge is 2.34. The SMILES string of the molecule is CC(C(=O)O)N(CCC(=O)Nc1ccc2c(c1)OCO2)C1CC1. The molecular formula is C16H20N2O5. The lowest BCUT2D eigenvalue weighted by Crippen LogP contribution is -2.42. The Balaban J connectivity index is 1.53. The van der Waals surface area contributed by atoms with E-state index in [0.717, 1.165) is 12.8 Å². The highest BCUT2D eigenvalue weighted by atomic mass is 16.7. The molecule has 1 saturated carbocycles. The topological polar surface area (TPSA) is 88.1 Å². The van der Waals surface area contributed by atoms with Crippen LogP contribution in [0, 0.1) is 0 Å². The quantitative estimate of drug-likeness (QED) is 0.795. The van der Waals surface area contributed by atoms with Gasteiger partial charge in [0.15, 0.2) is 11.5 Å². The smallest absolute Gasteiger partial charge is 0.320 e. The van der Waals surface area contributed by atoms with E-state index in [1.807, 2.05) is 4.90 Å². The number of hydrogen-bond acceptors (Lipinski definition) is 5. The molecule has 0 spiro atoms. The van der Waals surface area contributed by atoms with E-state index in [2.05, 4.69) is 5.32 Å². The van der Waals surface area contributed by atoms with Gasteiger partial charge in [0.05, 0.1) is 0 Å². The minimum atomic E-state index is -0.854. The average molecular weight is 320 g/mol. The minimum Gasteiger partial charge on any atom is -0.480 e. The summed E-state index contributed by atoms with van der Waals surface area (Å²) in [6.45, 7) is 2.29. The van der Waals surface area contributed by atoms with Crippen molar-refractivity contribution in [3.8, 4) is 11.5 Å². The second-order valence-electron chi connectivity index (χ2n) is 5.85. The maximum atomic E-state index is 12.1. The summed E-state index contributed by atoms with van der Waals surface area (Å²) in [6.07, 6.45) is 2.26. The number of nitrogens with zero attached hydrogens (tertiary/aromatic N) is 1. The Bertz CT molecular complexity index is 614. The van der Waals surface area contributed by atoms with Crippen molar-refractivity contribution in [2.24, 2.45) is 0 Å². The molecule has 1 aromatic carbocycles.